The van der Waals surface area contributed by atoms with E-state index in [0.717, 1.165) is 0 Å². The van der Waals surface area contributed by atoms with Gasteiger partial charge in [-0.25, -0.2) is 0 Å². The lowest BCUT2D eigenvalue weighted by Crippen LogP contribution is -2.31. The number of aromatic nitrogens is 1. The average molecular weight is 513 g/mol. The van der Waals surface area contributed by atoms with Gasteiger partial charge in [-0.15, -0.1) is 0 Å². The number of halogens is 1. The summed E-state index contributed by atoms with van der Waals surface area (Å²) in [7, 11) is 4.50. The number of aryl methyl sites for hydroxylation is 1. The van der Waals surface area contributed by atoms with Gasteiger partial charge in [-0.1, -0.05) is 0 Å². The van der Waals surface area contributed by atoms with Crippen molar-refractivity contribution in [2.45, 2.75) is 5.92 Å². The van der Waals surface area contributed by atoms with Crippen LogP contribution in [0, 0.1) is 21.4 Å². The molecule has 1 aliphatic rings. The second-order valence-corrected chi connectivity index (χ2v) is 8.08. The SMILES string of the molecule is COc1cc(C2C(C#N)=C(N)Oc3c2c(=O)n(C)c2ccc([N+](=O)[O-])cc32)cc(Br)c1OC. The summed E-state index contributed by atoms with van der Waals surface area (Å²) in [6.07, 6.45) is 0. The fourth-order valence-corrected chi connectivity index (χ4v) is 4.64. The Morgan fingerprint density at radius 1 is 1.27 bits per heavy atom. The number of pyridine rings is 1. The second kappa shape index (κ2) is 8.14. The minimum Gasteiger partial charge on any atom is -0.493 e. The molecule has 0 bridgehead atoms. The van der Waals surface area contributed by atoms with Crippen molar-refractivity contribution in [3.8, 4) is 23.3 Å². The topological polar surface area (TPSA) is 143 Å². The minimum absolute atomic E-state index is 0.0310. The lowest BCUT2D eigenvalue weighted by molar-refractivity contribution is -0.384. The van der Waals surface area contributed by atoms with Gasteiger partial charge in [0.25, 0.3) is 11.2 Å². The third-order valence-electron chi connectivity index (χ3n) is 5.54. The molecule has 0 fully saturated rings. The summed E-state index contributed by atoms with van der Waals surface area (Å²) in [6.45, 7) is 0. The van der Waals surface area contributed by atoms with Crippen LogP contribution in [-0.4, -0.2) is 23.7 Å². The summed E-state index contributed by atoms with van der Waals surface area (Å²) in [6, 6.07) is 9.48. The monoisotopic (exact) mass is 512 g/mol. The van der Waals surface area contributed by atoms with Crippen molar-refractivity contribution in [3.63, 3.8) is 0 Å². The van der Waals surface area contributed by atoms with Crippen molar-refractivity contribution in [3.05, 3.63) is 77.9 Å². The standard InChI is InChI=1S/C22H17BrN4O6/c1-26-15-5-4-11(27(29)30)8-12(15)19-18(22(26)28)17(13(9-24)21(25)33-19)10-6-14(23)20(32-3)16(7-10)31-2/h4-8,17H,25H2,1-3H3. The van der Waals surface area contributed by atoms with Crippen LogP contribution in [0.2, 0.25) is 0 Å². The van der Waals surface area contributed by atoms with Crippen molar-refractivity contribution in [2.75, 3.05) is 14.2 Å². The quantitative estimate of drug-likeness (QED) is 0.413. The highest BCUT2D eigenvalue weighted by Crippen LogP contribution is 2.47. The van der Waals surface area contributed by atoms with Crippen LogP contribution >= 0.6 is 15.9 Å². The maximum atomic E-state index is 13.5. The highest BCUT2D eigenvalue weighted by Gasteiger charge is 2.36. The molecule has 0 spiro atoms. The van der Waals surface area contributed by atoms with Crippen LogP contribution in [0.4, 0.5) is 5.69 Å². The number of allylic oxidation sites excluding steroid dienone is 1. The molecule has 0 radical (unpaired) electrons. The van der Waals surface area contributed by atoms with Crippen molar-refractivity contribution < 1.29 is 19.1 Å². The average Bonchev–Trinajstić information content (AvgIpc) is 2.80. The van der Waals surface area contributed by atoms with Crippen LogP contribution in [0.25, 0.3) is 10.9 Å². The molecule has 4 rings (SSSR count). The van der Waals surface area contributed by atoms with Gasteiger partial charge in [-0.2, -0.15) is 5.26 Å². The van der Waals surface area contributed by atoms with Crippen LogP contribution < -0.4 is 25.5 Å². The fourth-order valence-electron chi connectivity index (χ4n) is 4.02. The first-order chi connectivity index (χ1) is 15.7. The summed E-state index contributed by atoms with van der Waals surface area (Å²) in [5, 5.41) is 21.6. The number of nitrogens with two attached hydrogens (primary N) is 1. The zero-order valence-corrected chi connectivity index (χ0v) is 19.3. The number of nitro groups is 1. The largest absolute Gasteiger partial charge is 0.493 e. The molecule has 2 aromatic carbocycles. The highest BCUT2D eigenvalue weighted by atomic mass is 79.9. The number of methoxy groups -OCH3 is 2. The van der Waals surface area contributed by atoms with Gasteiger partial charge in [-0.05, 0) is 39.7 Å². The molecule has 1 aromatic heterocycles. The van der Waals surface area contributed by atoms with Crippen molar-refractivity contribution in [1.29, 1.82) is 5.26 Å². The smallest absolute Gasteiger partial charge is 0.270 e. The molecule has 0 aliphatic carbocycles. The summed E-state index contributed by atoms with van der Waals surface area (Å²) < 4.78 is 18.4. The van der Waals surface area contributed by atoms with Gasteiger partial charge in [0.05, 0.1) is 40.6 Å². The Balaban J connectivity index is 2.12. The van der Waals surface area contributed by atoms with E-state index in [0.29, 0.717) is 32.4 Å². The van der Waals surface area contributed by atoms with E-state index in [9.17, 15) is 20.2 Å². The lowest BCUT2D eigenvalue weighted by atomic mass is 9.83. The maximum Gasteiger partial charge on any atom is 0.270 e. The number of hydrogen-bond acceptors (Lipinski definition) is 8. The highest BCUT2D eigenvalue weighted by molar-refractivity contribution is 9.10. The summed E-state index contributed by atoms with van der Waals surface area (Å²) in [5.74, 6) is -0.214. The van der Waals surface area contributed by atoms with E-state index in [1.54, 1.807) is 19.2 Å². The third kappa shape index (κ3) is 3.35. The van der Waals surface area contributed by atoms with Crippen LogP contribution in [0.1, 0.15) is 17.0 Å². The Kier molecular flexibility index (Phi) is 5.47. The van der Waals surface area contributed by atoms with Gasteiger partial charge in [-0.3, -0.25) is 14.9 Å². The molecule has 33 heavy (non-hydrogen) atoms. The van der Waals surface area contributed by atoms with E-state index in [1.807, 2.05) is 6.07 Å². The van der Waals surface area contributed by atoms with Gasteiger partial charge in [0.2, 0.25) is 5.88 Å². The van der Waals surface area contributed by atoms with Gasteiger partial charge >= 0.3 is 0 Å². The molecule has 0 amide bonds. The molecule has 168 valence electrons. The van der Waals surface area contributed by atoms with Gasteiger partial charge in [0.1, 0.15) is 17.4 Å². The Hall–Kier alpha value is -4.04. The molecule has 3 aromatic rings. The number of nitrogens with zero attached hydrogens (tertiary/aromatic N) is 3. The summed E-state index contributed by atoms with van der Waals surface area (Å²) in [4.78, 5) is 24.3. The fraction of sp³-hybridized carbons (Fsp3) is 0.182. The van der Waals surface area contributed by atoms with Gasteiger partial charge in [0, 0.05) is 24.6 Å². The van der Waals surface area contributed by atoms with Crippen LogP contribution in [0.5, 0.6) is 17.2 Å². The number of nitriles is 1. The van der Waals surface area contributed by atoms with Crippen LogP contribution in [-0.2, 0) is 7.05 Å². The zero-order chi connectivity index (χ0) is 24.0. The minimum atomic E-state index is -0.905. The molecule has 2 N–H and O–H groups in total. The molecule has 0 saturated heterocycles. The molecule has 2 heterocycles. The predicted molar refractivity (Wildman–Crippen MR) is 122 cm³/mol. The van der Waals surface area contributed by atoms with Gasteiger partial charge in [0.15, 0.2) is 11.5 Å². The van der Waals surface area contributed by atoms with E-state index in [-0.39, 0.29) is 28.5 Å². The normalized spacial score (nSPS) is 14.9. The molecule has 1 aliphatic heterocycles. The first kappa shape index (κ1) is 22.2. The molecule has 11 heteroatoms. The van der Waals surface area contributed by atoms with Crippen molar-refractivity contribution >= 4 is 32.5 Å². The second-order valence-electron chi connectivity index (χ2n) is 7.23. The van der Waals surface area contributed by atoms with E-state index < -0.39 is 16.4 Å². The number of benzene rings is 2. The first-order valence-corrected chi connectivity index (χ1v) is 10.3. The zero-order valence-electron chi connectivity index (χ0n) is 17.7. The Labute approximate surface area is 195 Å². The van der Waals surface area contributed by atoms with Crippen LogP contribution in [0.3, 0.4) is 0 Å². The Morgan fingerprint density at radius 2 is 2.00 bits per heavy atom. The predicted octanol–water partition coefficient (Wildman–Crippen LogP) is 3.44. The number of rotatable bonds is 4. The van der Waals surface area contributed by atoms with E-state index in [4.69, 9.17) is 19.9 Å². The van der Waals surface area contributed by atoms with Crippen LogP contribution in [0.15, 0.2) is 51.1 Å². The van der Waals surface area contributed by atoms with E-state index in [2.05, 4.69) is 15.9 Å². The first-order valence-electron chi connectivity index (χ1n) is 9.53. The third-order valence-corrected chi connectivity index (χ3v) is 6.13. The number of hydrogen-bond donors (Lipinski definition) is 1. The summed E-state index contributed by atoms with van der Waals surface area (Å²) >= 11 is 3.44. The maximum absolute atomic E-state index is 13.5. The van der Waals surface area contributed by atoms with Gasteiger partial charge < -0.3 is 24.5 Å². The van der Waals surface area contributed by atoms with E-state index in [1.165, 1.54) is 37.0 Å². The molecular weight excluding hydrogens is 496 g/mol. The number of ether oxygens (including phenoxy) is 3. The molecule has 1 unspecified atom stereocenters. The van der Waals surface area contributed by atoms with Crippen molar-refractivity contribution in [2.24, 2.45) is 12.8 Å². The van der Waals surface area contributed by atoms with Crippen molar-refractivity contribution in [1.82, 2.24) is 4.57 Å². The Morgan fingerprint density at radius 3 is 2.61 bits per heavy atom. The molecule has 10 nitrogen and oxygen atoms in total. The van der Waals surface area contributed by atoms with E-state index >= 15 is 0 Å². The number of fused-ring (bicyclic) bond motifs is 3. The lowest BCUT2D eigenvalue weighted by Gasteiger charge is -2.28. The molecule has 0 saturated carbocycles. The number of nitro benzene ring substituents is 1. The molecular formula is C22H17BrN4O6. The Bertz CT molecular complexity index is 1470. The number of non-ortho nitro benzene ring substituents is 1. The molecule has 1 atom stereocenters. The summed E-state index contributed by atoms with van der Waals surface area (Å²) in [5.41, 5.74) is 6.60.